The fourth-order valence-corrected chi connectivity index (χ4v) is 3.71. The highest BCUT2D eigenvalue weighted by Crippen LogP contribution is 2.27. The topological polar surface area (TPSA) is 70.4 Å². The van der Waals surface area contributed by atoms with E-state index in [0.717, 1.165) is 16.9 Å². The zero-order valence-corrected chi connectivity index (χ0v) is 17.9. The summed E-state index contributed by atoms with van der Waals surface area (Å²) in [6.07, 6.45) is 6.74. The van der Waals surface area contributed by atoms with Crippen LogP contribution in [0.5, 0.6) is 0 Å². The van der Waals surface area contributed by atoms with Gasteiger partial charge in [-0.05, 0) is 38.3 Å². The number of benzene rings is 1. The van der Waals surface area contributed by atoms with Gasteiger partial charge in [-0.2, -0.15) is 9.61 Å². The lowest BCUT2D eigenvalue weighted by atomic mass is 10.0. The summed E-state index contributed by atoms with van der Waals surface area (Å²) in [7, 11) is 0. The lowest BCUT2D eigenvalue weighted by Gasteiger charge is -2.15. The van der Waals surface area contributed by atoms with Gasteiger partial charge < -0.3 is 10.3 Å². The summed E-state index contributed by atoms with van der Waals surface area (Å²) < 4.78 is 15.4. The molecule has 3 aromatic heterocycles. The average molecular weight is 417 g/mol. The first-order valence-electron chi connectivity index (χ1n) is 10.1. The number of para-hydroxylation sites is 1. The van der Waals surface area contributed by atoms with Crippen LogP contribution in [0.2, 0.25) is 0 Å². The van der Waals surface area contributed by atoms with Gasteiger partial charge in [0.05, 0.1) is 17.7 Å². The van der Waals surface area contributed by atoms with Crippen LogP contribution >= 0.6 is 0 Å². The molecule has 0 amide bonds. The van der Waals surface area contributed by atoms with Gasteiger partial charge in [-0.3, -0.25) is 4.99 Å². The van der Waals surface area contributed by atoms with Gasteiger partial charge in [-0.1, -0.05) is 25.1 Å². The molecule has 0 aliphatic heterocycles. The van der Waals surface area contributed by atoms with E-state index in [0.29, 0.717) is 23.5 Å². The van der Waals surface area contributed by atoms with Gasteiger partial charge in [0.1, 0.15) is 5.82 Å². The Morgan fingerprint density at radius 1 is 1.39 bits per heavy atom. The third-order valence-corrected chi connectivity index (χ3v) is 5.27. The fourth-order valence-electron chi connectivity index (χ4n) is 3.71. The molecule has 31 heavy (non-hydrogen) atoms. The molecule has 1 aromatic carbocycles. The van der Waals surface area contributed by atoms with Crippen molar-refractivity contribution in [2.45, 2.75) is 26.7 Å². The van der Waals surface area contributed by atoms with Gasteiger partial charge in [0.2, 0.25) is 0 Å². The third-order valence-electron chi connectivity index (χ3n) is 5.27. The predicted molar refractivity (Wildman–Crippen MR) is 125 cm³/mol. The van der Waals surface area contributed by atoms with Crippen LogP contribution in [0.4, 0.5) is 10.2 Å². The van der Waals surface area contributed by atoms with E-state index >= 15 is 0 Å². The lowest BCUT2D eigenvalue weighted by Crippen LogP contribution is -2.13. The maximum atomic E-state index is 13.6. The highest BCUT2D eigenvalue weighted by molar-refractivity contribution is 5.83. The number of rotatable bonds is 7. The standard InChI is InChI=1S/C24H25FN6/c1-15(20-14-27-21-8-6-5-7-19(20)21)11-28-23-10-22(18(13-26-4)9-17(3)25)30-24-16(2)12-29-31(23)24/h5-10,12-15,27-28H,4,11H2,1-3H3/b17-9+,18-13+/t15-/m0/s1. The smallest absolute Gasteiger partial charge is 0.160 e. The number of aliphatic imine (C=N–C) groups is 1. The Labute approximate surface area is 180 Å². The highest BCUT2D eigenvalue weighted by atomic mass is 19.1. The van der Waals surface area contributed by atoms with Crippen molar-refractivity contribution < 1.29 is 4.39 Å². The Morgan fingerprint density at radius 3 is 2.97 bits per heavy atom. The van der Waals surface area contributed by atoms with Gasteiger partial charge in [0.15, 0.2) is 5.65 Å². The van der Waals surface area contributed by atoms with E-state index in [1.165, 1.54) is 30.1 Å². The van der Waals surface area contributed by atoms with Gasteiger partial charge in [0.25, 0.3) is 0 Å². The quantitative estimate of drug-likeness (QED) is 0.302. The molecule has 0 spiro atoms. The summed E-state index contributed by atoms with van der Waals surface area (Å²) >= 11 is 0. The Hall–Kier alpha value is -3.74. The second-order valence-electron chi connectivity index (χ2n) is 7.66. The van der Waals surface area contributed by atoms with E-state index in [9.17, 15) is 4.39 Å². The number of hydrogen-bond acceptors (Lipinski definition) is 4. The molecule has 1 atom stereocenters. The van der Waals surface area contributed by atoms with Crippen molar-refractivity contribution in [2.75, 3.05) is 11.9 Å². The summed E-state index contributed by atoms with van der Waals surface area (Å²) in [6.45, 7) is 9.70. The van der Waals surface area contributed by atoms with Crippen LogP contribution < -0.4 is 5.32 Å². The predicted octanol–water partition coefficient (Wildman–Crippen LogP) is 5.65. The molecule has 7 heteroatoms. The second-order valence-corrected chi connectivity index (χ2v) is 7.66. The summed E-state index contributed by atoms with van der Waals surface area (Å²) in [4.78, 5) is 11.8. The monoisotopic (exact) mass is 416 g/mol. The molecular weight excluding hydrogens is 391 g/mol. The number of fused-ring (bicyclic) bond motifs is 2. The van der Waals surface area contributed by atoms with E-state index in [4.69, 9.17) is 0 Å². The van der Waals surface area contributed by atoms with Crippen LogP contribution in [0.1, 0.15) is 36.6 Å². The SMILES string of the molecule is C=N/C=C(\C=C(/C)F)c1cc(NC[C@H](C)c2c[nH]c3ccccc23)n2ncc(C)c2n1. The van der Waals surface area contributed by atoms with Crippen LogP contribution in [0.15, 0.2) is 65.8 Å². The number of H-pyrrole nitrogens is 1. The molecule has 0 saturated carbocycles. The number of nitrogens with one attached hydrogen (secondary N) is 2. The molecule has 158 valence electrons. The Bertz CT molecular complexity index is 1310. The van der Waals surface area contributed by atoms with Crippen molar-refractivity contribution in [2.24, 2.45) is 4.99 Å². The van der Waals surface area contributed by atoms with E-state index in [1.807, 2.05) is 25.1 Å². The minimum atomic E-state index is -0.329. The highest BCUT2D eigenvalue weighted by Gasteiger charge is 2.15. The number of aromatic amines is 1. The first kappa shape index (κ1) is 20.5. The molecule has 0 radical (unpaired) electrons. The van der Waals surface area contributed by atoms with E-state index < -0.39 is 0 Å². The molecule has 4 aromatic rings. The third kappa shape index (κ3) is 4.12. The van der Waals surface area contributed by atoms with Crippen LogP contribution in [-0.4, -0.2) is 32.8 Å². The van der Waals surface area contributed by atoms with Crippen molar-refractivity contribution >= 4 is 34.7 Å². The number of allylic oxidation sites excluding steroid dienone is 3. The molecule has 2 N–H and O–H groups in total. The summed E-state index contributed by atoms with van der Waals surface area (Å²) in [6, 6.07) is 10.1. The van der Waals surface area contributed by atoms with E-state index in [1.54, 1.807) is 10.7 Å². The normalized spacial score (nSPS) is 13.7. The average Bonchev–Trinajstić information content (AvgIpc) is 3.35. The number of anilines is 1. The van der Waals surface area contributed by atoms with Gasteiger partial charge in [0, 0.05) is 53.0 Å². The number of aryl methyl sites for hydroxylation is 1. The van der Waals surface area contributed by atoms with Crippen molar-refractivity contribution in [1.29, 1.82) is 0 Å². The largest absolute Gasteiger partial charge is 0.369 e. The molecular formula is C24H25FN6. The van der Waals surface area contributed by atoms with E-state index in [2.05, 4.69) is 57.3 Å². The Morgan fingerprint density at radius 2 is 2.19 bits per heavy atom. The van der Waals surface area contributed by atoms with Crippen molar-refractivity contribution in [3.63, 3.8) is 0 Å². The lowest BCUT2D eigenvalue weighted by molar-refractivity contribution is 0.641. The molecule has 0 bridgehead atoms. The summed E-state index contributed by atoms with van der Waals surface area (Å²) in [5.41, 5.74) is 5.16. The molecule has 0 unspecified atom stereocenters. The van der Waals surface area contributed by atoms with Crippen LogP contribution in [-0.2, 0) is 0 Å². The van der Waals surface area contributed by atoms with Crippen molar-refractivity contribution in [3.05, 3.63) is 77.6 Å². The number of hydrogen-bond donors (Lipinski definition) is 2. The van der Waals surface area contributed by atoms with Crippen molar-refractivity contribution in [3.8, 4) is 0 Å². The molecule has 0 saturated heterocycles. The van der Waals surface area contributed by atoms with Gasteiger partial charge in [-0.25, -0.2) is 9.37 Å². The minimum absolute atomic E-state index is 0.248. The minimum Gasteiger partial charge on any atom is -0.369 e. The zero-order valence-electron chi connectivity index (χ0n) is 17.9. The molecule has 0 aliphatic carbocycles. The van der Waals surface area contributed by atoms with Gasteiger partial charge >= 0.3 is 0 Å². The molecule has 0 aliphatic rings. The zero-order chi connectivity index (χ0) is 22.0. The number of halogens is 1. The van der Waals surface area contributed by atoms with Crippen LogP contribution in [0, 0.1) is 6.92 Å². The molecule has 4 rings (SSSR count). The van der Waals surface area contributed by atoms with Crippen LogP contribution in [0.25, 0.3) is 22.1 Å². The Balaban J connectivity index is 1.69. The fraction of sp³-hybridized carbons (Fsp3) is 0.208. The summed E-state index contributed by atoms with van der Waals surface area (Å²) in [5.74, 6) is 0.696. The number of nitrogens with zero attached hydrogens (tertiary/aromatic N) is 4. The first-order chi connectivity index (χ1) is 15.0. The Kier molecular flexibility index (Phi) is 5.66. The van der Waals surface area contributed by atoms with Gasteiger partial charge in [-0.15, -0.1) is 0 Å². The van der Waals surface area contributed by atoms with Crippen molar-refractivity contribution in [1.82, 2.24) is 19.6 Å². The maximum absolute atomic E-state index is 13.6. The van der Waals surface area contributed by atoms with Crippen LogP contribution in [0.3, 0.4) is 0 Å². The first-order valence-corrected chi connectivity index (χ1v) is 10.1. The molecule has 3 heterocycles. The molecule has 0 fully saturated rings. The second kappa shape index (κ2) is 8.55. The maximum Gasteiger partial charge on any atom is 0.160 e. The molecule has 6 nitrogen and oxygen atoms in total. The van der Waals surface area contributed by atoms with E-state index in [-0.39, 0.29) is 11.7 Å². The number of aromatic nitrogens is 4. The summed E-state index contributed by atoms with van der Waals surface area (Å²) in [5, 5.41) is 9.18.